The van der Waals surface area contributed by atoms with Crippen LogP contribution in [0.4, 0.5) is 13.2 Å². The fourth-order valence-electron chi connectivity index (χ4n) is 3.00. The summed E-state index contributed by atoms with van der Waals surface area (Å²) in [4.78, 5) is 3.98. The van der Waals surface area contributed by atoms with Gasteiger partial charge in [-0.3, -0.25) is 9.54 Å². The molecule has 144 valence electrons. The second kappa shape index (κ2) is 8.20. The van der Waals surface area contributed by atoms with Gasteiger partial charge in [0.2, 0.25) is 11.3 Å². The Hall–Kier alpha value is -2.23. The standard InChI is InChI=1S/C18H18F3N3O2S/c19-18(20,21)6-10-24-12-15(5-9-23-27(25)26)16-2-1-14(11-17(16)24)13-3-7-22-8-4-13/h1-4,7-8,11-12,23H,5-6,9-10H2,(H,25,26). The summed E-state index contributed by atoms with van der Waals surface area (Å²) in [6.07, 6.45) is 0.275. The number of rotatable bonds is 7. The van der Waals surface area contributed by atoms with Crippen molar-refractivity contribution in [2.24, 2.45) is 0 Å². The van der Waals surface area contributed by atoms with Crippen molar-refractivity contribution in [1.82, 2.24) is 14.3 Å². The summed E-state index contributed by atoms with van der Waals surface area (Å²) in [7, 11) is 0. The van der Waals surface area contributed by atoms with E-state index in [0.717, 1.165) is 22.1 Å². The molecule has 0 aliphatic carbocycles. The third-order valence-corrected chi connectivity index (χ3v) is 4.69. The molecule has 0 radical (unpaired) electrons. The minimum Gasteiger partial charge on any atom is -0.347 e. The SMILES string of the molecule is O=S(O)NCCc1cn(CCC(F)(F)F)c2cc(-c3ccncc3)ccc12. The minimum absolute atomic E-state index is 0.181. The largest absolute Gasteiger partial charge is 0.390 e. The van der Waals surface area contributed by atoms with Crippen LogP contribution in [0.15, 0.2) is 48.9 Å². The Labute approximate surface area is 156 Å². The van der Waals surface area contributed by atoms with Crippen LogP contribution in [-0.4, -0.2) is 31.0 Å². The van der Waals surface area contributed by atoms with Gasteiger partial charge in [-0.05, 0) is 41.3 Å². The number of nitrogens with one attached hydrogen (secondary N) is 1. The van der Waals surface area contributed by atoms with E-state index in [-0.39, 0.29) is 13.1 Å². The van der Waals surface area contributed by atoms with E-state index in [9.17, 15) is 17.4 Å². The predicted molar refractivity (Wildman–Crippen MR) is 98.3 cm³/mol. The highest BCUT2D eigenvalue weighted by Crippen LogP contribution is 2.29. The zero-order valence-electron chi connectivity index (χ0n) is 14.2. The fourth-order valence-corrected chi connectivity index (χ4v) is 3.27. The van der Waals surface area contributed by atoms with Crippen molar-refractivity contribution in [2.45, 2.75) is 25.6 Å². The molecule has 3 aromatic rings. The van der Waals surface area contributed by atoms with Gasteiger partial charge in [0.05, 0.1) is 6.42 Å². The second-order valence-electron chi connectivity index (χ2n) is 6.07. The van der Waals surface area contributed by atoms with Crippen LogP contribution in [0.25, 0.3) is 22.0 Å². The number of aromatic nitrogens is 2. The Morgan fingerprint density at radius 2 is 1.89 bits per heavy atom. The quantitative estimate of drug-likeness (QED) is 0.594. The third-order valence-electron chi connectivity index (χ3n) is 4.23. The number of pyridine rings is 1. The Kier molecular flexibility index (Phi) is 5.93. The first-order valence-electron chi connectivity index (χ1n) is 8.27. The average Bonchev–Trinajstić information content (AvgIpc) is 2.97. The van der Waals surface area contributed by atoms with Crippen LogP contribution in [0.3, 0.4) is 0 Å². The van der Waals surface area contributed by atoms with E-state index < -0.39 is 23.9 Å². The molecule has 0 saturated heterocycles. The molecule has 0 saturated carbocycles. The number of hydrogen-bond donors (Lipinski definition) is 2. The summed E-state index contributed by atoms with van der Waals surface area (Å²) < 4.78 is 61.6. The first-order valence-corrected chi connectivity index (χ1v) is 9.37. The molecule has 2 N–H and O–H groups in total. The van der Waals surface area contributed by atoms with Crippen LogP contribution >= 0.6 is 0 Å². The van der Waals surface area contributed by atoms with Gasteiger partial charge in [-0.1, -0.05) is 12.1 Å². The van der Waals surface area contributed by atoms with Crippen LogP contribution in [0.1, 0.15) is 12.0 Å². The van der Waals surface area contributed by atoms with E-state index in [1.54, 1.807) is 23.2 Å². The van der Waals surface area contributed by atoms with Gasteiger partial charge < -0.3 is 4.57 Å². The summed E-state index contributed by atoms with van der Waals surface area (Å²) in [6, 6.07) is 9.33. The van der Waals surface area contributed by atoms with Crippen LogP contribution in [0.5, 0.6) is 0 Å². The Balaban J connectivity index is 1.97. The van der Waals surface area contributed by atoms with Crippen molar-refractivity contribution >= 4 is 22.2 Å². The van der Waals surface area contributed by atoms with Gasteiger partial charge in [0.15, 0.2) is 0 Å². The van der Waals surface area contributed by atoms with Crippen LogP contribution in [0, 0.1) is 0 Å². The highest BCUT2D eigenvalue weighted by atomic mass is 32.2. The van der Waals surface area contributed by atoms with E-state index in [0.29, 0.717) is 11.9 Å². The van der Waals surface area contributed by atoms with Gasteiger partial charge >= 0.3 is 6.18 Å². The Morgan fingerprint density at radius 1 is 1.15 bits per heavy atom. The molecule has 1 atom stereocenters. The Morgan fingerprint density at radius 3 is 2.56 bits per heavy atom. The number of fused-ring (bicyclic) bond motifs is 1. The average molecular weight is 397 g/mol. The molecule has 5 nitrogen and oxygen atoms in total. The van der Waals surface area contributed by atoms with E-state index in [1.807, 2.05) is 30.3 Å². The summed E-state index contributed by atoms with van der Waals surface area (Å²) in [5.41, 5.74) is 3.34. The van der Waals surface area contributed by atoms with Gasteiger partial charge in [-0.2, -0.15) is 13.2 Å². The molecule has 2 aromatic heterocycles. The maximum Gasteiger partial charge on any atom is 0.390 e. The molecule has 0 aliphatic heterocycles. The molecule has 0 aliphatic rings. The van der Waals surface area contributed by atoms with Crippen LogP contribution in [0.2, 0.25) is 0 Å². The number of aryl methyl sites for hydroxylation is 1. The summed E-state index contributed by atoms with van der Waals surface area (Å²) >= 11 is -2.12. The minimum atomic E-state index is -4.24. The van der Waals surface area contributed by atoms with E-state index >= 15 is 0 Å². The molecule has 0 amide bonds. The van der Waals surface area contributed by atoms with Gasteiger partial charge in [0, 0.05) is 42.6 Å². The van der Waals surface area contributed by atoms with Crippen molar-refractivity contribution in [3.63, 3.8) is 0 Å². The second-order valence-corrected chi connectivity index (χ2v) is 6.86. The van der Waals surface area contributed by atoms with E-state index in [2.05, 4.69) is 9.71 Å². The molecule has 0 fully saturated rings. The van der Waals surface area contributed by atoms with Crippen molar-refractivity contribution in [2.75, 3.05) is 6.54 Å². The van der Waals surface area contributed by atoms with Crippen molar-refractivity contribution in [3.05, 3.63) is 54.5 Å². The molecule has 3 rings (SSSR count). The Bertz CT molecular complexity index is 942. The summed E-state index contributed by atoms with van der Waals surface area (Å²) in [5, 5.41) is 0.834. The molecular formula is C18H18F3N3O2S. The van der Waals surface area contributed by atoms with E-state index in [4.69, 9.17) is 4.55 Å². The van der Waals surface area contributed by atoms with Crippen LogP contribution < -0.4 is 4.72 Å². The molecule has 0 spiro atoms. The highest BCUT2D eigenvalue weighted by molar-refractivity contribution is 7.77. The number of benzene rings is 1. The molecule has 1 unspecified atom stereocenters. The predicted octanol–water partition coefficient (Wildman–Crippen LogP) is 3.92. The smallest absolute Gasteiger partial charge is 0.347 e. The highest BCUT2D eigenvalue weighted by Gasteiger charge is 2.27. The molecular weight excluding hydrogens is 379 g/mol. The van der Waals surface area contributed by atoms with Gasteiger partial charge in [0.25, 0.3) is 0 Å². The lowest BCUT2D eigenvalue weighted by Gasteiger charge is -2.09. The molecule has 27 heavy (non-hydrogen) atoms. The van der Waals surface area contributed by atoms with Gasteiger partial charge in [-0.25, -0.2) is 8.93 Å². The number of alkyl halides is 3. The lowest BCUT2D eigenvalue weighted by molar-refractivity contribution is -0.136. The third kappa shape index (κ3) is 5.15. The van der Waals surface area contributed by atoms with E-state index in [1.165, 1.54) is 0 Å². The number of nitrogens with zero attached hydrogens (tertiary/aromatic N) is 2. The normalized spacial score (nSPS) is 13.2. The lowest BCUT2D eigenvalue weighted by atomic mass is 10.0. The zero-order chi connectivity index (χ0) is 19.4. The molecule has 9 heteroatoms. The zero-order valence-corrected chi connectivity index (χ0v) is 15.1. The first-order chi connectivity index (χ1) is 12.8. The van der Waals surface area contributed by atoms with Gasteiger partial charge in [-0.15, -0.1) is 0 Å². The molecule has 2 heterocycles. The van der Waals surface area contributed by atoms with Crippen molar-refractivity contribution < 1.29 is 21.9 Å². The lowest BCUT2D eigenvalue weighted by Crippen LogP contribution is -2.19. The monoisotopic (exact) mass is 397 g/mol. The number of hydrogen-bond acceptors (Lipinski definition) is 2. The fraction of sp³-hybridized carbons (Fsp3) is 0.278. The summed E-state index contributed by atoms with van der Waals surface area (Å²) in [6.45, 7) is 0.0623. The van der Waals surface area contributed by atoms with Gasteiger partial charge in [0.1, 0.15) is 0 Å². The summed E-state index contributed by atoms with van der Waals surface area (Å²) in [5.74, 6) is 0. The van der Waals surface area contributed by atoms with Crippen molar-refractivity contribution in [3.8, 4) is 11.1 Å². The molecule has 1 aromatic carbocycles. The first kappa shape index (κ1) is 19.5. The number of halogens is 3. The topological polar surface area (TPSA) is 67.2 Å². The van der Waals surface area contributed by atoms with Crippen LogP contribution in [-0.2, 0) is 24.2 Å². The molecule has 0 bridgehead atoms. The maximum atomic E-state index is 12.7. The maximum absolute atomic E-state index is 12.7. The van der Waals surface area contributed by atoms with Crippen molar-refractivity contribution in [1.29, 1.82) is 0 Å².